The molecule has 3 rings (SSSR count). The molecule has 0 saturated carbocycles. The highest BCUT2D eigenvalue weighted by Crippen LogP contribution is 2.25. The molecule has 0 bridgehead atoms. The number of thiophene rings is 1. The Hall–Kier alpha value is -2.32. The molecule has 0 unspecified atom stereocenters. The summed E-state index contributed by atoms with van der Waals surface area (Å²) in [6.45, 7) is 2.44. The number of nitrogens with one attached hydrogen (secondary N) is 2. The van der Waals surface area contributed by atoms with Crippen molar-refractivity contribution in [3.63, 3.8) is 0 Å². The first-order valence-corrected chi connectivity index (χ1v) is 9.95. The van der Waals surface area contributed by atoms with E-state index >= 15 is 0 Å². The van der Waals surface area contributed by atoms with Crippen molar-refractivity contribution in [2.24, 2.45) is 0 Å². The lowest BCUT2D eigenvalue weighted by Crippen LogP contribution is -2.32. The first-order valence-electron chi connectivity index (χ1n) is 8.19. The molecule has 0 aliphatic rings. The van der Waals surface area contributed by atoms with Crippen molar-refractivity contribution in [1.29, 1.82) is 0 Å². The molecule has 1 atom stereocenters. The number of amides is 1. The molecule has 8 heteroatoms. The van der Waals surface area contributed by atoms with Gasteiger partial charge in [0.05, 0.1) is 17.2 Å². The number of aromatic amines is 1. The summed E-state index contributed by atoms with van der Waals surface area (Å²) < 4.78 is 5.14. The van der Waals surface area contributed by atoms with E-state index in [1.54, 1.807) is 18.4 Å². The average molecular weight is 389 g/mol. The molecule has 0 aliphatic carbocycles. The zero-order valence-electron chi connectivity index (χ0n) is 14.6. The Morgan fingerprint density at radius 3 is 2.85 bits per heavy atom. The third kappa shape index (κ3) is 4.86. The quantitative estimate of drug-likeness (QED) is 0.578. The smallest absolute Gasteiger partial charge is 0.233 e. The first-order chi connectivity index (χ1) is 12.7. The van der Waals surface area contributed by atoms with Crippen molar-refractivity contribution < 1.29 is 9.53 Å². The van der Waals surface area contributed by atoms with Crippen LogP contribution in [0.25, 0.3) is 10.7 Å². The molecule has 0 spiro atoms. The fraction of sp³-hybridized carbons (Fsp3) is 0.278. The molecule has 6 nitrogen and oxygen atoms in total. The molecule has 136 valence electrons. The van der Waals surface area contributed by atoms with E-state index in [-0.39, 0.29) is 11.2 Å². The van der Waals surface area contributed by atoms with Crippen LogP contribution >= 0.6 is 23.1 Å². The van der Waals surface area contributed by atoms with E-state index in [9.17, 15) is 4.79 Å². The Bertz CT molecular complexity index is 831. The van der Waals surface area contributed by atoms with Gasteiger partial charge in [-0.3, -0.25) is 9.89 Å². The predicted octanol–water partition coefficient (Wildman–Crippen LogP) is 3.38. The number of benzene rings is 1. The number of aromatic nitrogens is 3. The summed E-state index contributed by atoms with van der Waals surface area (Å²) in [7, 11) is 1.64. The molecule has 1 aromatic carbocycles. The zero-order valence-corrected chi connectivity index (χ0v) is 16.2. The van der Waals surface area contributed by atoms with Gasteiger partial charge in [0.2, 0.25) is 11.1 Å². The molecule has 0 radical (unpaired) electrons. The maximum Gasteiger partial charge on any atom is 0.233 e. The van der Waals surface area contributed by atoms with Crippen LogP contribution in [0.15, 0.2) is 46.9 Å². The number of carbonyl (C=O) groups is 1. The van der Waals surface area contributed by atoms with Crippen LogP contribution in [0, 0.1) is 0 Å². The van der Waals surface area contributed by atoms with Crippen LogP contribution < -0.4 is 10.1 Å². The second kappa shape index (κ2) is 8.86. The van der Waals surface area contributed by atoms with E-state index < -0.39 is 0 Å². The molecule has 0 fully saturated rings. The van der Waals surface area contributed by atoms with E-state index in [0.717, 1.165) is 28.4 Å². The number of rotatable bonds is 8. The van der Waals surface area contributed by atoms with Crippen LogP contribution in [-0.4, -0.2) is 40.0 Å². The van der Waals surface area contributed by atoms with Gasteiger partial charge in [0.25, 0.3) is 0 Å². The summed E-state index contributed by atoms with van der Waals surface area (Å²) in [5, 5.41) is 12.4. The number of hydrogen-bond acceptors (Lipinski definition) is 6. The standard InChI is InChI=1S/C18H20N4O2S2/c1-12(26-18-20-16(21-22-18)15-4-3-11-25-15)17(23)19-10-9-13-5-7-14(24-2)8-6-13/h3-8,11-12H,9-10H2,1-2H3,(H,19,23)(H,20,21,22)/t12-/m1/s1. The normalized spacial score (nSPS) is 11.9. The summed E-state index contributed by atoms with van der Waals surface area (Å²) >= 11 is 2.94. The Morgan fingerprint density at radius 1 is 1.35 bits per heavy atom. The maximum atomic E-state index is 12.3. The van der Waals surface area contributed by atoms with E-state index in [0.29, 0.717) is 11.7 Å². The van der Waals surface area contributed by atoms with Crippen molar-refractivity contribution >= 4 is 29.0 Å². The highest BCUT2D eigenvalue weighted by molar-refractivity contribution is 8.00. The molecule has 26 heavy (non-hydrogen) atoms. The van der Waals surface area contributed by atoms with Gasteiger partial charge < -0.3 is 10.1 Å². The molecule has 3 aromatic rings. The topological polar surface area (TPSA) is 79.9 Å². The summed E-state index contributed by atoms with van der Waals surface area (Å²) in [5.74, 6) is 1.54. The van der Waals surface area contributed by atoms with E-state index in [4.69, 9.17) is 4.74 Å². The second-order valence-corrected chi connectivity index (χ2v) is 7.85. The van der Waals surface area contributed by atoms with Crippen LogP contribution in [0.1, 0.15) is 12.5 Å². The lowest BCUT2D eigenvalue weighted by atomic mass is 10.1. The molecule has 2 aromatic heterocycles. The largest absolute Gasteiger partial charge is 0.497 e. The van der Waals surface area contributed by atoms with Gasteiger partial charge in [0.15, 0.2) is 5.82 Å². The van der Waals surface area contributed by atoms with E-state index in [1.807, 2.05) is 48.7 Å². The highest BCUT2D eigenvalue weighted by Gasteiger charge is 2.17. The Morgan fingerprint density at radius 2 is 2.15 bits per heavy atom. The summed E-state index contributed by atoms with van der Waals surface area (Å²) in [4.78, 5) is 17.7. The van der Waals surface area contributed by atoms with Crippen molar-refractivity contribution in [3.8, 4) is 16.5 Å². The van der Waals surface area contributed by atoms with E-state index in [2.05, 4.69) is 20.5 Å². The predicted molar refractivity (Wildman–Crippen MR) is 105 cm³/mol. The van der Waals surface area contributed by atoms with Gasteiger partial charge in [0, 0.05) is 6.54 Å². The van der Waals surface area contributed by atoms with Crippen molar-refractivity contribution in [1.82, 2.24) is 20.5 Å². The lowest BCUT2D eigenvalue weighted by molar-refractivity contribution is -0.120. The highest BCUT2D eigenvalue weighted by atomic mass is 32.2. The Balaban J connectivity index is 1.45. The maximum absolute atomic E-state index is 12.3. The van der Waals surface area contributed by atoms with Gasteiger partial charge in [-0.1, -0.05) is 30.0 Å². The number of carbonyl (C=O) groups excluding carboxylic acids is 1. The number of methoxy groups -OCH3 is 1. The fourth-order valence-electron chi connectivity index (χ4n) is 2.30. The Labute approximate surface area is 160 Å². The number of thioether (sulfide) groups is 1. The molecular weight excluding hydrogens is 368 g/mol. The Kier molecular flexibility index (Phi) is 6.30. The molecule has 2 N–H and O–H groups in total. The minimum Gasteiger partial charge on any atom is -0.497 e. The van der Waals surface area contributed by atoms with Crippen molar-refractivity contribution in [2.45, 2.75) is 23.8 Å². The molecule has 2 heterocycles. The molecule has 0 saturated heterocycles. The fourth-order valence-corrected chi connectivity index (χ4v) is 3.71. The number of hydrogen-bond donors (Lipinski definition) is 2. The van der Waals surface area contributed by atoms with Crippen molar-refractivity contribution in [2.75, 3.05) is 13.7 Å². The number of ether oxygens (including phenoxy) is 1. The second-order valence-electron chi connectivity index (χ2n) is 5.59. The van der Waals surface area contributed by atoms with Crippen LogP contribution in [-0.2, 0) is 11.2 Å². The zero-order chi connectivity index (χ0) is 18.4. The number of H-pyrrole nitrogens is 1. The molecular formula is C18H20N4O2S2. The number of nitrogens with zero attached hydrogens (tertiary/aromatic N) is 2. The van der Waals surface area contributed by atoms with Crippen LogP contribution in [0.2, 0.25) is 0 Å². The summed E-state index contributed by atoms with van der Waals surface area (Å²) in [6, 6.07) is 11.8. The van der Waals surface area contributed by atoms with Crippen LogP contribution in [0.3, 0.4) is 0 Å². The van der Waals surface area contributed by atoms with Gasteiger partial charge in [-0.15, -0.1) is 16.4 Å². The average Bonchev–Trinajstić information content (AvgIpc) is 3.33. The minimum absolute atomic E-state index is 0.0222. The van der Waals surface area contributed by atoms with Gasteiger partial charge in [-0.25, -0.2) is 4.98 Å². The van der Waals surface area contributed by atoms with Crippen LogP contribution in [0.4, 0.5) is 0 Å². The van der Waals surface area contributed by atoms with Gasteiger partial charge in [-0.2, -0.15) is 0 Å². The SMILES string of the molecule is COc1ccc(CCNC(=O)[C@@H](C)Sc2n[nH]c(-c3cccs3)n2)cc1. The van der Waals surface area contributed by atoms with Gasteiger partial charge in [-0.05, 0) is 42.5 Å². The molecule has 1 amide bonds. The third-order valence-electron chi connectivity index (χ3n) is 3.74. The summed E-state index contributed by atoms with van der Waals surface area (Å²) in [6.07, 6.45) is 0.774. The third-order valence-corrected chi connectivity index (χ3v) is 5.58. The van der Waals surface area contributed by atoms with E-state index in [1.165, 1.54) is 11.8 Å². The minimum atomic E-state index is -0.266. The van der Waals surface area contributed by atoms with Gasteiger partial charge in [0.1, 0.15) is 5.75 Å². The lowest BCUT2D eigenvalue weighted by Gasteiger charge is -2.10. The monoisotopic (exact) mass is 388 g/mol. The van der Waals surface area contributed by atoms with Crippen LogP contribution in [0.5, 0.6) is 5.75 Å². The van der Waals surface area contributed by atoms with Crippen molar-refractivity contribution in [3.05, 3.63) is 47.3 Å². The first kappa shape index (κ1) is 18.5. The molecule has 0 aliphatic heterocycles. The summed E-state index contributed by atoms with van der Waals surface area (Å²) in [5.41, 5.74) is 1.15. The van der Waals surface area contributed by atoms with Gasteiger partial charge >= 0.3 is 0 Å².